The van der Waals surface area contributed by atoms with Crippen LogP contribution in [0.25, 0.3) is 0 Å². The Morgan fingerprint density at radius 2 is 1.63 bits per heavy atom. The van der Waals surface area contributed by atoms with Gasteiger partial charge in [-0.05, 0) is 48.4 Å². The van der Waals surface area contributed by atoms with E-state index >= 15 is 0 Å². The molecule has 144 valence electrons. The summed E-state index contributed by atoms with van der Waals surface area (Å²) < 4.78 is 10.6. The van der Waals surface area contributed by atoms with E-state index in [0.717, 1.165) is 11.3 Å². The number of rotatable bonds is 10. The second kappa shape index (κ2) is 11.1. The molecule has 0 radical (unpaired) electrons. The van der Waals surface area contributed by atoms with Crippen LogP contribution in [0.5, 0.6) is 11.5 Å². The van der Waals surface area contributed by atoms with Crippen molar-refractivity contribution in [1.82, 2.24) is 10.6 Å². The van der Waals surface area contributed by atoms with E-state index in [9.17, 15) is 9.59 Å². The van der Waals surface area contributed by atoms with Crippen molar-refractivity contribution < 1.29 is 19.1 Å². The lowest BCUT2D eigenvalue weighted by Gasteiger charge is -2.09. The third kappa shape index (κ3) is 8.00. The first kappa shape index (κ1) is 20.6. The molecular formula is C20H23ClN2O4. The Morgan fingerprint density at radius 3 is 2.30 bits per heavy atom. The van der Waals surface area contributed by atoms with Crippen molar-refractivity contribution in [2.45, 2.75) is 12.8 Å². The molecule has 2 aromatic carbocycles. The lowest BCUT2D eigenvalue weighted by atomic mass is 10.1. The molecular weight excluding hydrogens is 368 g/mol. The number of carbonyl (C=O) groups is 2. The maximum atomic E-state index is 11.8. The van der Waals surface area contributed by atoms with Crippen LogP contribution in [-0.4, -0.2) is 38.6 Å². The van der Waals surface area contributed by atoms with Crippen molar-refractivity contribution in [2.75, 3.05) is 26.8 Å². The maximum Gasteiger partial charge on any atom is 0.229 e. The van der Waals surface area contributed by atoms with Crippen LogP contribution < -0.4 is 20.1 Å². The van der Waals surface area contributed by atoms with Gasteiger partial charge in [-0.25, -0.2) is 0 Å². The fraction of sp³-hybridized carbons (Fsp3) is 0.300. The van der Waals surface area contributed by atoms with E-state index in [2.05, 4.69) is 10.6 Å². The Labute approximate surface area is 163 Å². The molecule has 0 aromatic heterocycles. The van der Waals surface area contributed by atoms with Crippen LogP contribution in [0.2, 0.25) is 5.02 Å². The summed E-state index contributed by atoms with van der Waals surface area (Å²) in [5, 5.41) is 6.04. The summed E-state index contributed by atoms with van der Waals surface area (Å²) >= 11 is 5.91. The summed E-state index contributed by atoms with van der Waals surface area (Å²) in [6.45, 7) is 1.09. The number of carbonyl (C=O) groups excluding carboxylic acids is 2. The number of nitrogens with one attached hydrogen (secondary N) is 2. The number of hydrogen-bond acceptors (Lipinski definition) is 4. The molecule has 2 rings (SSSR count). The topological polar surface area (TPSA) is 76.7 Å². The summed E-state index contributed by atoms with van der Waals surface area (Å²) in [5.74, 6) is 0.778. The number of amides is 2. The van der Waals surface area contributed by atoms with Crippen molar-refractivity contribution in [3.63, 3.8) is 0 Å². The summed E-state index contributed by atoms with van der Waals surface area (Å²) in [6.07, 6.45) is 0.446. The van der Waals surface area contributed by atoms with Gasteiger partial charge in [0.1, 0.15) is 24.5 Å². The molecule has 0 aliphatic carbocycles. The van der Waals surface area contributed by atoms with E-state index in [1.165, 1.54) is 0 Å². The van der Waals surface area contributed by atoms with E-state index in [-0.39, 0.29) is 18.2 Å². The van der Waals surface area contributed by atoms with Crippen molar-refractivity contribution in [3.8, 4) is 11.5 Å². The van der Waals surface area contributed by atoms with Gasteiger partial charge in [-0.3, -0.25) is 9.59 Å². The number of halogens is 1. The second-order valence-corrected chi connectivity index (χ2v) is 6.22. The SMILES string of the molecule is COc1ccc(OCCNC(=O)CC(=O)NCCc2cccc(Cl)c2)cc1. The average Bonchev–Trinajstić information content (AvgIpc) is 2.66. The molecule has 2 aromatic rings. The first-order valence-corrected chi connectivity index (χ1v) is 8.99. The third-order valence-corrected chi connectivity index (χ3v) is 3.93. The normalized spacial score (nSPS) is 10.1. The molecule has 2 amide bonds. The number of ether oxygens (including phenoxy) is 2. The highest BCUT2D eigenvalue weighted by Gasteiger charge is 2.08. The monoisotopic (exact) mass is 390 g/mol. The van der Waals surface area contributed by atoms with Gasteiger partial charge >= 0.3 is 0 Å². The Morgan fingerprint density at radius 1 is 0.963 bits per heavy atom. The summed E-state index contributed by atoms with van der Waals surface area (Å²) in [4.78, 5) is 23.5. The first-order valence-electron chi connectivity index (χ1n) is 8.61. The minimum atomic E-state index is -0.339. The highest BCUT2D eigenvalue weighted by molar-refractivity contribution is 6.30. The van der Waals surface area contributed by atoms with Crippen LogP contribution in [-0.2, 0) is 16.0 Å². The highest BCUT2D eigenvalue weighted by atomic mass is 35.5. The predicted molar refractivity (Wildman–Crippen MR) is 104 cm³/mol. The molecule has 0 saturated carbocycles. The van der Waals surface area contributed by atoms with Crippen molar-refractivity contribution in [2.24, 2.45) is 0 Å². The molecule has 0 atom stereocenters. The van der Waals surface area contributed by atoms with Crippen LogP contribution in [0.3, 0.4) is 0 Å². The second-order valence-electron chi connectivity index (χ2n) is 5.78. The minimum absolute atomic E-state index is 0.210. The van der Waals surface area contributed by atoms with Crippen molar-refractivity contribution in [3.05, 3.63) is 59.1 Å². The van der Waals surface area contributed by atoms with E-state index in [1.807, 2.05) is 18.2 Å². The minimum Gasteiger partial charge on any atom is -0.497 e. The number of benzene rings is 2. The van der Waals surface area contributed by atoms with Crippen LogP contribution >= 0.6 is 11.6 Å². The van der Waals surface area contributed by atoms with E-state index in [4.69, 9.17) is 21.1 Å². The molecule has 0 aliphatic rings. The van der Waals surface area contributed by atoms with Crippen LogP contribution in [0, 0.1) is 0 Å². The molecule has 0 unspecified atom stereocenters. The van der Waals surface area contributed by atoms with E-state index < -0.39 is 0 Å². The smallest absolute Gasteiger partial charge is 0.229 e. The van der Waals surface area contributed by atoms with Gasteiger partial charge in [-0.1, -0.05) is 23.7 Å². The van der Waals surface area contributed by atoms with E-state index in [0.29, 0.717) is 36.9 Å². The molecule has 27 heavy (non-hydrogen) atoms. The summed E-state index contributed by atoms with van der Waals surface area (Å²) in [7, 11) is 1.60. The highest BCUT2D eigenvalue weighted by Crippen LogP contribution is 2.16. The zero-order chi connectivity index (χ0) is 19.5. The Balaban J connectivity index is 1.57. The van der Waals surface area contributed by atoms with E-state index in [1.54, 1.807) is 37.4 Å². The largest absolute Gasteiger partial charge is 0.497 e. The molecule has 0 bridgehead atoms. The van der Waals surface area contributed by atoms with Gasteiger partial charge in [0.25, 0.3) is 0 Å². The summed E-state index contributed by atoms with van der Waals surface area (Å²) in [5.41, 5.74) is 1.03. The molecule has 2 N–H and O–H groups in total. The van der Waals surface area contributed by atoms with Crippen LogP contribution in [0.1, 0.15) is 12.0 Å². The molecule has 0 fully saturated rings. The zero-order valence-corrected chi connectivity index (χ0v) is 15.9. The molecule has 6 nitrogen and oxygen atoms in total. The van der Waals surface area contributed by atoms with Gasteiger partial charge < -0.3 is 20.1 Å². The van der Waals surface area contributed by atoms with Crippen LogP contribution in [0.15, 0.2) is 48.5 Å². The van der Waals surface area contributed by atoms with Gasteiger partial charge in [0.05, 0.1) is 13.7 Å². The molecule has 7 heteroatoms. The Bertz CT molecular complexity index is 750. The van der Waals surface area contributed by atoms with Crippen molar-refractivity contribution >= 4 is 23.4 Å². The standard InChI is InChI=1S/C20H23ClN2O4/c1-26-17-5-7-18(8-6-17)27-12-11-23-20(25)14-19(24)22-10-9-15-3-2-4-16(21)13-15/h2-8,13H,9-12,14H2,1H3,(H,22,24)(H,23,25). The average molecular weight is 391 g/mol. The third-order valence-electron chi connectivity index (χ3n) is 3.70. The van der Waals surface area contributed by atoms with Crippen LogP contribution in [0.4, 0.5) is 0 Å². The lowest BCUT2D eigenvalue weighted by Crippen LogP contribution is -2.34. The Hall–Kier alpha value is -2.73. The van der Waals surface area contributed by atoms with Gasteiger partial charge in [-0.2, -0.15) is 0 Å². The molecule has 0 heterocycles. The number of methoxy groups -OCH3 is 1. The Kier molecular flexibility index (Phi) is 8.45. The molecule has 0 saturated heterocycles. The van der Waals surface area contributed by atoms with Gasteiger partial charge in [0.15, 0.2) is 0 Å². The summed E-state index contributed by atoms with van der Waals surface area (Å²) in [6, 6.07) is 14.6. The van der Waals surface area contributed by atoms with Crippen molar-refractivity contribution in [1.29, 1.82) is 0 Å². The first-order chi connectivity index (χ1) is 13.1. The maximum absolute atomic E-state index is 11.8. The van der Waals surface area contributed by atoms with Gasteiger partial charge in [-0.15, -0.1) is 0 Å². The quantitative estimate of drug-likeness (QED) is 0.483. The zero-order valence-electron chi connectivity index (χ0n) is 15.2. The molecule has 0 aliphatic heterocycles. The lowest BCUT2D eigenvalue weighted by molar-refractivity contribution is -0.129. The fourth-order valence-corrected chi connectivity index (χ4v) is 2.55. The fourth-order valence-electron chi connectivity index (χ4n) is 2.34. The van der Waals surface area contributed by atoms with Gasteiger partial charge in [0.2, 0.25) is 11.8 Å². The van der Waals surface area contributed by atoms with Gasteiger partial charge in [0, 0.05) is 11.6 Å². The predicted octanol–water partition coefficient (Wildman–Crippen LogP) is 2.59. The molecule has 0 spiro atoms. The number of hydrogen-bond donors (Lipinski definition) is 2.